The van der Waals surface area contributed by atoms with Crippen molar-refractivity contribution in [3.05, 3.63) is 70.8 Å². The molecule has 23 heavy (non-hydrogen) atoms. The van der Waals surface area contributed by atoms with E-state index in [-0.39, 0.29) is 0 Å². The molecule has 0 bridgehead atoms. The lowest BCUT2D eigenvalue weighted by molar-refractivity contribution is 0.606. The minimum atomic E-state index is 0.569. The third-order valence-electron chi connectivity index (χ3n) is 4.82. The third kappa shape index (κ3) is 3.04. The van der Waals surface area contributed by atoms with E-state index in [9.17, 15) is 0 Å². The van der Waals surface area contributed by atoms with E-state index in [1.807, 2.05) is 7.05 Å². The van der Waals surface area contributed by atoms with Crippen molar-refractivity contribution in [1.82, 2.24) is 10.9 Å². The fraction of sp³-hybridized carbons (Fsp3) is 0.333. The van der Waals surface area contributed by atoms with E-state index in [0.29, 0.717) is 5.92 Å². The highest BCUT2D eigenvalue weighted by Crippen LogP contribution is 2.38. The highest BCUT2D eigenvalue weighted by molar-refractivity contribution is 5.91. The van der Waals surface area contributed by atoms with Gasteiger partial charge in [-0.05, 0) is 47.9 Å². The number of nitrogens with one attached hydrogen (secondary N) is 2. The molecule has 0 fully saturated rings. The van der Waals surface area contributed by atoms with Gasteiger partial charge in [0.2, 0.25) is 0 Å². The Kier molecular flexibility index (Phi) is 4.82. The van der Waals surface area contributed by atoms with Gasteiger partial charge in [-0.2, -0.15) is 0 Å². The Bertz CT molecular complexity index is 715. The Balaban J connectivity index is 2.26. The summed E-state index contributed by atoms with van der Waals surface area (Å²) in [5, 5.41) is 0. The predicted molar refractivity (Wildman–Crippen MR) is 98.9 cm³/mol. The molecule has 1 aliphatic rings. The summed E-state index contributed by atoms with van der Waals surface area (Å²) in [5.74, 6) is 0.569. The Morgan fingerprint density at radius 2 is 1.70 bits per heavy atom. The average molecular weight is 306 g/mol. The van der Waals surface area contributed by atoms with Gasteiger partial charge in [-0.1, -0.05) is 61.9 Å². The van der Waals surface area contributed by atoms with E-state index in [4.69, 9.17) is 0 Å². The molecule has 3 rings (SSSR count). The Hall–Kier alpha value is -2.06. The van der Waals surface area contributed by atoms with Crippen LogP contribution in [0.25, 0.3) is 11.3 Å². The monoisotopic (exact) mass is 306 g/mol. The van der Waals surface area contributed by atoms with Gasteiger partial charge in [0.05, 0.1) is 5.70 Å². The number of allylic oxidation sites excluding steroid dienone is 1. The van der Waals surface area contributed by atoms with Crippen LogP contribution < -0.4 is 10.9 Å². The van der Waals surface area contributed by atoms with Gasteiger partial charge < -0.3 is 5.43 Å². The molecule has 2 nitrogen and oxygen atoms in total. The van der Waals surface area contributed by atoms with Gasteiger partial charge >= 0.3 is 0 Å². The number of rotatable bonds is 4. The molecule has 2 aromatic rings. The van der Waals surface area contributed by atoms with E-state index < -0.39 is 0 Å². The van der Waals surface area contributed by atoms with Crippen LogP contribution in [0.5, 0.6) is 0 Å². The van der Waals surface area contributed by atoms with Crippen LogP contribution in [0, 0.1) is 0 Å². The molecule has 1 unspecified atom stereocenters. The Morgan fingerprint density at radius 3 is 2.43 bits per heavy atom. The van der Waals surface area contributed by atoms with Crippen LogP contribution in [0.4, 0.5) is 0 Å². The minimum absolute atomic E-state index is 0.569. The molecule has 0 saturated heterocycles. The lowest BCUT2D eigenvalue weighted by Crippen LogP contribution is -2.28. The van der Waals surface area contributed by atoms with Crippen molar-refractivity contribution in [3.8, 4) is 0 Å². The molecule has 0 radical (unpaired) electrons. The standard InChI is InChI=1S/C21H26N2/c1-4-9-16-14-17-10-5-6-11-18(17)15(2)21(23-22-3)20-13-8-7-12-19(16)20/h5-8,10-13,16,22-23H,4,9,14H2,1-3H3/b21-15+. The molecule has 120 valence electrons. The summed E-state index contributed by atoms with van der Waals surface area (Å²) in [6.45, 7) is 4.50. The molecule has 0 spiro atoms. The smallest absolute Gasteiger partial charge is 0.0597 e. The van der Waals surface area contributed by atoms with Crippen LogP contribution in [-0.4, -0.2) is 7.05 Å². The zero-order valence-corrected chi connectivity index (χ0v) is 14.3. The zero-order valence-electron chi connectivity index (χ0n) is 14.3. The molecule has 1 aliphatic carbocycles. The van der Waals surface area contributed by atoms with Crippen LogP contribution in [0.2, 0.25) is 0 Å². The number of hydrogen-bond acceptors (Lipinski definition) is 2. The first-order valence-electron chi connectivity index (χ1n) is 8.57. The second-order valence-electron chi connectivity index (χ2n) is 6.31. The fourth-order valence-electron chi connectivity index (χ4n) is 3.75. The molecule has 2 N–H and O–H groups in total. The number of fused-ring (bicyclic) bond motifs is 2. The highest BCUT2D eigenvalue weighted by atomic mass is 15.3. The van der Waals surface area contributed by atoms with Crippen molar-refractivity contribution in [1.29, 1.82) is 0 Å². The van der Waals surface area contributed by atoms with Crippen molar-refractivity contribution in [3.63, 3.8) is 0 Å². The summed E-state index contributed by atoms with van der Waals surface area (Å²) >= 11 is 0. The lowest BCUT2D eigenvalue weighted by Gasteiger charge is -2.27. The van der Waals surface area contributed by atoms with E-state index in [0.717, 1.165) is 6.42 Å². The summed E-state index contributed by atoms with van der Waals surface area (Å²) in [6.07, 6.45) is 3.54. The molecule has 0 saturated carbocycles. The first kappa shape index (κ1) is 15.8. The molecule has 0 amide bonds. The van der Waals surface area contributed by atoms with Crippen LogP contribution in [0.1, 0.15) is 54.9 Å². The topological polar surface area (TPSA) is 24.1 Å². The van der Waals surface area contributed by atoms with Gasteiger partial charge in [0, 0.05) is 12.6 Å². The third-order valence-corrected chi connectivity index (χ3v) is 4.82. The summed E-state index contributed by atoms with van der Waals surface area (Å²) in [7, 11) is 1.93. The fourth-order valence-corrected chi connectivity index (χ4v) is 3.75. The van der Waals surface area contributed by atoms with Crippen LogP contribution in [0.3, 0.4) is 0 Å². The normalized spacial score (nSPS) is 20.2. The van der Waals surface area contributed by atoms with Gasteiger partial charge in [0.1, 0.15) is 0 Å². The molecule has 0 aliphatic heterocycles. The van der Waals surface area contributed by atoms with E-state index in [1.165, 1.54) is 46.4 Å². The maximum Gasteiger partial charge on any atom is 0.0597 e. The molecular weight excluding hydrogens is 280 g/mol. The van der Waals surface area contributed by atoms with Crippen molar-refractivity contribution in [2.75, 3.05) is 7.05 Å². The number of hydrazine groups is 1. The SMILES string of the molecule is CCCC1Cc2ccccc2/C(C)=C(/NNC)c2ccccc21. The van der Waals surface area contributed by atoms with E-state index in [1.54, 1.807) is 0 Å². The zero-order chi connectivity index (χ0) is 16.2. The Morgan fingerprint density at radius 1 is 1.00 bits per heavy atom. The Labute approximate surface area is 139 Å². The summed E-state index contributed by atoms with van der Waals surface area (Å²) in [6, 6.07) is 17.7. The summed E-state index contributed by atoms with van der Waals surface area (Å²) in [4.78, 5) is 0. The average Bonchev–Trinajstić information content (AvgIpc) is 2.58. The molecule has 2 aromatic carbocycles. The van der Waals surface area contributed by atoms with E-state index in [2.05, 4.69) is 73.2 Å². The first-order valence-corrected chi connectivity index (χ1v) is 8.57. The van der Waals surface area contributed by atoms with Gasteiger partial charge in [-0.15, -0.1) is 0 Å². The van der Waals surface area contributed by atoms with Crippen LogP contribution in [-0.2, 0) is 6.42 Å². The molecular formula is C21H26N2. The van der Waals surface area contributed by atoms with Gasteiger partial charge in [-0.3, -0.25) is 0 Å². The molecule has 0 aromatic heterocycles. The summed E-state index contributed by atoms with van der Waals surface area (Å²) < 4.78 is 0. The molecule has 2 heteroatoms. The largest absolute Gasteiger partial charge is 0.321 e. The van der Waals surface area contributed by atoms with Crippen molar-refractivity contribution in [2.24, 2.45) is 0 Å². The van der Waals surface area contributed by atoms with Crippen molar-refractivity contribution in [2.45, 2.75) is 39.0 Å². The van der Waals surface area contributed by atoms with E-state index >= 15 is 0 Å². The summed E-state index contributed by atoms with van der Waals surface area (Å²) in [5.41, 5.74) is 14.6. The van der Waals surface area contributed by atoms with Gasteiger partial charge in [0.15, 0.2) is 0 Å². The van der Waals surface area contributed by atoms with Gasteiger partial charge in [-0.25, -0.2) is 5.43 Å². The number of hydrogen-bond donors (Lipinski definition) is 2. The second kappa shape index (κ2) is 7.01. The highest BCUT2D eigenvalue weighted by Gasteiger charge is 2.23. The maximum atomic E-state index is 3.39. The quantitative estimate of drug-likeness (QED) is 0.797. The van der Waals surface area contributed by atoms with Crippen LogP contribution >= 0.6 is 0 Å². The minimum Gasteiger partial charge on any atom is -0.321 e. The van der Waals surface area contributed by atoms with Gasteiger partial charge in [0.25, 0.3) is 0 Å². The number of benzene rings is 2. The molecule has 0 heterocycles. The second-order valence-corrected chi connectivity index (χ2v) is 6.31. The lowest BCUT2D eigenvalue weighted by atomic mass is 9.80. The molecule has 1 atom stereocenters. The van der Waals surface area contributed by atoms with Crippen molar-refractivity contribution < 1.29 is 0 Å². The predicted octanol–water partition coefficient (Wildman–Crippen LogP) is 4.74. The van der Waals surface area contributed by atoms with Crippen molar-refractivity contribution >= 4 is 11.3 Å². The van der Waals surface area contributed by atoms with Crippen LogP contribution in [0.15, 0.2) is 48.5 Å². The maximum absolute atomic E-state index is 3.39. The first-order chi connectivity index (χ1) is 11.3.